The molecule has 4 rings (SSSR count). The number of hydrogen-bond donors (Lipinski definition) is 2. The number of rotatable bonds is 4. The molecule has 0 fully saturated rings. The summed E-state index contributed by atoms with van der Waals surface area (Å²) in [5, 5.41) is 17.6. The van der Waals surface area contributed by atoms with Crippen LogP contribution in [-0.2, 0) is 6.61 Å². The van der Waals surface area contributed by atoms with Crippen LogP contribution in [0.2, 0.25) is 0 Å². The van der Waals surface area contributed by atoms with Gasteiger partial charge in [-0.1, -0.05) is 42.5 Å². The van der Waals surface area contributed by atoms with Crippen LogP contribution in [0.5, 0.6) is 0 Å². The molecule has 0 aliphatic carbocycles. The van der Waals surface area contributed by atoms with Crippen LogP contribution in [0.1, 0.15) is 5.56 Å². The molecule has 7 nitrogen and oxygen atoms in total. The number of aliphatic hydroxyl groups is 1. The van der Waals surface area contributed by atoms with Crippen LogP contribution >= 0.6 is 0 Å². The highest BCUT2D eigenvalue weighted by Crippen LogP contribution is 2.28. The monoisotopic (exact) mass is 345 g/mol. The van der Waals surface area contributed by atoms with Gasteiger partial charge in [0.1, 0.15) is 0 Å². The van der Waals surface area contributed by atoms with E-state index in [-0.39, 0.29) is 18.3 Å². The molecule has 0 saturated carbocycles. The van der Waals surface area contributed by atoms with Gasteiger partial charge >= 0.3 is 0 Å². The number of nitrogen functional groups attached to an aromatic ring is 1. The molecule has 26 heavy (non-hydrogen) atoms. The van der Waals surface area contributed by atoms with Gasteiger partial charge in [0.05, 0.1) is 18.5 Å². The second-order valence-electron chi connectivity index (χ2n) is 5.58. The van der Waals surface area contributed by atoms with Gasteiger partial charge in [-0.3, -0.25) is 0 Å². The second kappa shape index (κ2) is 6.73. The van der Waals surface area contributed by atoms with Crippen LogP contribution in [0.25, 0.3) is 34.3 Å². The maximum absolute atomic E-state index is 9.54. The maximum Gasteiger partial charge on any atom is 0.270 e. The first kappa shape index (κ1) is 15.9. The molecule has 2 aromatic heterocycles. The molecule has 0 unspecified atom stereocenters. The van der Waals surface area contributed by atoms with Crippen molar-refractivity contribution >= 4 is 5.82 Å². The summed E-state index contributed by atoms with van der Waals surface area (Å²) in [6, 6.07) is 16.8. The minimum atomic E-state index is -0.101. The van der Waals surface area contributed by atoms with Crippen LogP contribution in [-0.4, -0.2) is 25.3 Å². The highest BCUT2D eigenvalue weighted by molar-refractivity contribution is 5.70. The minimum absolute atomic E-state index is 0.101. The highest BCUT2D eigenvalue weighted by Gasteiger charge is 2.17. The van der Waals surface area contributed by atoms with Crippen LogP contribution in [0.3, 0.4) is 0 Å². The number of hydrogen-bond acceptors (Lipinski definition) is 7. The van der Waals surface area contributed by atoms with Gasteiger partial charge in [0.25, 0.3) is 5.89 Å². The third-order valence-corrected chi connectivity index (χ3v) is 3.91. The van der Waals surface area contributed by atoms with Crippen molar-refractivity contribution in [3.63, 3.8) is 0 Å². The molecule has 0 aliphatic rings. The molecule has 0 aliphatic heterocycles. The molecule has 128 valence electrons. The first-order valence-corrected chi connectivity index (χ1v) is 7.97. The molecule has 0 saturated heterocycles. The molecule has 0 bridgehead atoms. The van der Waals surface area contributed by atoms with Gasteiger partial charge in [0.15, 0.2) is 11.5 Å². The van der Waals surface area contributed by atoms with Crippen molar-refractivity contribution in [2.24, 2.45) is 0 Å². The van der Waals surface area contributed by atoms with E-state index in [0.717, 1.165) is 16.7 Å². The summed E-state index contributed by atoms with van der Waals surface area (Å²) in [6.07, 6.45) is 1.56. The third-order valence-electron chi connectivity index (χ3n) is 3.91. The number of anilines is 1. The Kier molecular flexibility index (Phi) is 4.12. The fourth-order valence-corrected chi connectivity index (χ4v) is 2.61. The zero-order valence-electron chi connectivity index (χ0n) is 13.7. The Labute approximate surface area is 149 Å². The zero-order valence-corrected chi connectivity index (χ0v) is 13.7. The molecule has 0 amide bonds. The van der Waals surface area contributed by atoms with Crippen molar-refractivity contribution in [3.8, 4) is 34.3 Å². The van der Waals surface area contributed by atoms with E-state index in [4.69, 9.17) is 10.2 Å². The Morgan fingerprint density at radius 1 is 0.923 bits per heavy atom. The summed E-state index contributed by atoms with van der Waals surface area (Å²) < 4.78 is 5.73. The molecular weight excluding hydrogens is 330 g/mol. The number of aromatic nitrogens is 4. The Morgan fingerprint density at radius 3 is 2.46 bits per heavy atom. The first-order chi connectivity index (χ1) is 12.8. The van der Waals surface area contributed by atoms with Gasteiger partial charge in [-0.2, -0.15) is 0 Å². The van der Waals surface area contributed by atoms with Gasteiger partial charge < -0.3 is 15.3 Å². The summed E-state index contributed by atoms with van der Waals surface area (Å²) in [7, 11) is 0. The molecule has 2 heterocycles. The van der Waals surface area contributed by atoms with Crippen molar-refractivity contribution in [1.82, 2.24) is 20.2 Å². The molecule has 0 radical (unpaired) electrons. The second-order valence-corrected chi connectivity index (χ2v) is 5.58. The molecule has 3 N–H and O–H groups in total. The number of benzene rings is 2. The van der Waals surface area contributed by atoms with E-state index >= 15 is 0 Å². The lowest BCUT2D eigenvalue weighted by Gasteiger charge is -2.08. The Hall–Kier alpha value is -3.58. The van der Waals surface area contributed by atoms with Crippen molar-refractivity contribution in [1.29, 1.82) is 0 Å². The number of nitrogens with zero attached hydrogens (tertiary/aromatic N) is 4. The lowest BCUT2D eigenvalue weighted by atomic mass is 10.1. The van der Waals surface area contributed by atoms with Crippen LogP contribution in [0.15, 0.2) is 65.2 Å². The molecule has 0 spiro atoms. The topological polar surface area (TPSA) is 111 Å². The lowest BCUT2D eigenvalue weighted by Crippen LogP contribution is -2.00. The Balaban J connectivity index is 1.77. The zero-order chi connectivity index (χ0) is 17.9. The van der Waals surface area contributed by atoms with E-state index in [1.54, 1.807) is 6.20 Å². The van der Waals surface area contributed by atoms with Crippen molar-refractivity contribution in [2.75, 3.05) is 5.73 Å². The minimum Gasteiger partial charge on any atom is -0.414 e. The van der Waals surface area contributed by atoms with Gasteiger partial charge in [-0.25, -0.2) is 9.97 Å². The van der Waals surface area contributed by atoms with E-state index in [9.17, 15) is 5.11 Å². The van der Waals surface area contributed by atoms with Crippen molar-refractivity contribution in [3.05, 3.63) is 66.4 Å². The van der Waals surface area contributed by atoms with E-state index in [0.29, 0.717) is 17.3 Å². The summed E-state index contributed by atoms with van der Waals surface area (Å²) in [5.41, 5.74) is 9.16. The highest BCUT2D eigenvalue weighted by atomic mass is 16.4. The standard InChI is InChI=1S/C19H15N5O2/c20-17-16(19-24-23-18(26-19)12-6-2-1-3-7-12)22-15(10-21-17)14-9-5-4-8-13(14)11-25/h1-10,25H,11H2,(H2,20,21). The van der Waals surface area contributed by atoms with Gasteiger partial charge in [-0.05, 0) is 17.7 Å². The van der Waals surface area contributed by atoms with Gasteiger partial charge in [0.2, 0.25) is 5.89 Å². The number of nitrogens with two attached hydrogens (primary N) is 1. The molecule has 2 aromatic carbocycles. The molecule has 7 heteroatoms. The van der Waals surface area contributed by atoms with E-state index in [2.05, 4.69) is 20.2 Å². The smallest absolute Gasteiger partial charge is 0.270 e. The number of aliphatic hydroxyl groups excluding tert-OH is 1. The fourth-order valence-electron chi connectivity index (χ4n) is 2.61. The molecular formula is C19H15N5O2. The van der Waals surface area contributed by atoms with Crippen LogP contribution in [0, 0.1) is 0 Å². The molecule has 0 atom stereocenters. The van der Waals surface area contributed by atoms with E-state index in [1.165, 1.54) is 0 Å². The quantitative estimate of drug-likeness (QED) is 0.585. The lowest BCUT2D eigenvalue weighted by molar-refractivity contribution is 0.282. The summed E-state index contributed by atoms with van der Waals surface area (Å²) >= 11 is 0. The first-order valence-electron chi connectivity index (χ1n) is 7.97. The fraction of sp³-hybridized carbons (Fsp3) is 0.0526. The normalized spacial score (nSPS) is 10.8. The van der Waals surface area contributed by atoms with E-state index in [1.807, 2.05) is 54.6 Å². The van der Waals surface area contributed by atoms with Crippen molar-refractivity contribution < 1.29 is 9.52 Å². The predicted octanol–water partition coefficient (Wildman–Crippen LogP) is 2.94. The average Bonchev–Trinajstić information content (AvgIpc) is 3.19. The maximum atomic E-state index is 9.54. The van der Waals surface area contributed by atoms with Crippen molar-refractivity contribution in [2.45, 2.75) is 6.61 Å². The Bertz CT molecular complexity index is 1050. The van der Waals surface area contributed by atoms with Crippen LogP contribution < -0.4 is 5.73 Å². The average molecular weight is 345 g/mol. The van der Waals surface area contributed by atoms with Crippen LogP contribution in [0.4, 0.5) is 5.82 Å². The molecule has 4 aromatic rings. The summed E-state index contributed by atoms with van der Waals surface area (Å²) in [5.74, 6) is 0.763. The van der Waals surface area contributed by atoms with Gasteiger partial charge in [0, 0.05) is 11.1 Å². The third kappa shape index (κ3) is 2.91. The SMILES string of the molecule is Nc1ncc(-c2ccccc2CO)nc1-c1nnc(-c2ccccc2)o1. The van der Waals surface area contributed by atoms with E-state index < -0.39 is 0 Å². The predicted molar refractivity (Wildman–Crippen MR) is 96.5 cm³/mol. The van der Waals surface area contributed by atoms with Gasteiger partial charge in [-0.15, -0.1) is 10.2 Å². The Morgan fingerprint density at radius 2 is 1.65 bits per heavy atom. The summed E-state index contributed by atoms with van der Waals surface area (Å²) in [6.45, 7) is -0.101. The largest absolute Gasteiger partial charge is 0.414 e. The summed E-state index contributed by atoms with van der Waals surface area (Å²) in [4.78, 5) is 8.73.